The zero-order valence-electron chi connectivity index (χ0n) is 14.3. The van der Waals surface area contributed by atoms with E-state index in [0.717, 1.165) is 34.5 Å². The third-order valence-corrected chi connectivity index (χ3v) is 4.37. The van der Waals surface area contributed by atoms with Crippen molar-refractivity contribution in [1.82, 2.24) is 5.32 Å². The van der Waals surface area contributed by atoms with Crippen molar-refractivity contribution in [2.45, 2.75) is 32.2 Å². The van der Waals surface area contributed by atoms with Crippen molar-refractivity contribution in [3.63, 3.8) is 0 Å². The Morgan fingerprint density at radius 2 is 2.04 bits per heavy atom. The summed E-state index contributed by atoms with van der Waals surface area (Å²) < 4.78 is 5.31. The van der Waals surface area contributed by atoms with Crippen LogP contribution in [0, 0.1) is 0 Å². The molecule has 2 N–H and O–H groups in total. The van der Waals surface area contributed by atoms with Crippen molar-refractivity contribution in [3.8, 4) is 5.75 Å². The van der Waals surface area contributed by atoms with E-state index >= 15 is 0 Å². The van der Waals surface area contributed by atoms with Gasteiger partial charge in [-0.15, -0.1) is 0 Å². The van der Waals surface area contributed by atoms with Crippen molar-refractivity contribution < 1.29 is 14.3 Å². The number of para-hydroxylation sites is 1. The maximum absolute atomic E-state index is 12.1. The fourth-order valence-corrected chi connectivity index (χ4v) is 2.99. The number of hydrogen-bond donors (Lipinski definition) is 2. The Bertz CT molecular complexity index is 786. The van der Waals surface area contributed by atoms with Crippen molar-refractivity contribution in [2.24, 2.45) is 0 Å². The minimum absolute atomic E-state index is 0.0110. The summed E-state index contributed by atoms with van der Waals surface area (Å²) in [6.45, 7) is 0.492. The van der Waals surface area contributed by atoms with Crippen LogP contribution in [0.15, 0.2) is 42.5 Å². The van der Waals surface area contributed by atoms with Gasteiger partial charge in [-0.3, -0.25) is 9.59 Å². The van der Waals surface area contributed by atoms with Crippen LogP contribution < -0.4 is 15.4 Å². The molecule has 2 amide bonds. The molecule has 2 aromatic carbocycles. The minimum atomic E-state index is 0.0110. The van der Waals surface area contributed by atoms with E-state index in [1.807, 2.05) is 36.4 Å². The van der Waals surface area contributed by atoms with E-state index in [0.29, 0.717) is 25.8 Å². The standard InChI is InChI=1S/C20H22N2O3/c1-25-18-5-3-2-4-15(18)7-10-19(23)21-13-14-6-9-17-16(12-14)8-11-20(24)22-17/h2-6,9,12H,7-8,10-11,13H2,1H3,(H,21,23)(H,22,24). The number of methoxy groups -OCH3 is 1. The fraction of sp³-hybridized carbons (Fsp3) is 0.300. The largest absolute Gasteiger partial charge is 0.496 e. The molecule has 3 rings (SSSR count). The summed E-state index contributed by atoms with van der Waals surface area (Å²) in [5, 5.41) is 5.82. The van der Waals surface area contributed by atoms with Gasteiger partial charge in [0.2, 0.25) is 11.8 Å². The van der Waals surface area contributed by atoms with Gasteiger partial charge in [-0.2, -0.15) is 0 Å². The second-order valence-corrected chi connectivity index (χ2v) is 6.13. The van der Waals surface area contributed by atoms with Crippen LogP contribution in [0.25, 0.3) is 0 Å². The Labute approximate surface area is 147 Å². The number of carbonyl (C=O) groups excluding carboxylic acids is 2. The highest BCUT2D eigenvalue weighted by molar-refractivity contribution is 5.93. The van der Waals surface area contributed by atoms with E-state index in [9.17, 15) is 9.59 Å². The predicted octanol–water partition coefficient (Wildman–Crippen LogP) is 2.83. The number of rotatable bonds is 6. The van der Waals surface area contributed by atoms with E-state index in [1.54, 1.807) is 7.11 Å². The number of carbonyl (C=O) groups is 2. The lowest BCUT2D eigenvalue weighted by atomic mass is 10.0. The molecule has 0 fully saturated rings. The lowest BCUT2D eigenvalue weighted by Gasteiger charge is -2.17. The van der Waals surface area contributed by atoms with Gasteiger partial charge in [0, 0.05) is 25.1 Å². The summed E-state index contributed by atoms with van der Waals surface area (Å²) in [7, 11) is 1.64. The van der Waals surface area contributed by atoms with Crippen molar-refractivity contribution >= 4 is 17.5 Å². The average Bonchev–Trinajstić information content (AvgIpc) is 2.64. The number of fused-ring (bicyclic) bond motifs is 1. The molecular formula is C20H22N2O3. The third kappa shape index (κ3) is 4.38. The van der Waals surface area contributed by atoms with E-state index in [4.69, 9.17) is 4.74 Å². The van der Waals surface area contributed by atoms with Gasteiger partial charge in [0.25, 0.3) is 0 Å². The normalized spacial score (nSPS) is 12.9. The van der Waals surface area contributed by atoms with Crippen molar-refractivity contribution in [1.29, 1.82) is 0 Å². The molecule has 1 aliphatic heterocycles. The molecule has 5 heteroatoms. The van der Waals surface area contributed by atoms with Gasteiger partial charge in [0.1, 0.15) is 5.75 Å². The highest BCUT2D eigenvalue weighted by Crippen LogP contribution is 2.23. The molecule has 2 aromatic rings. The highest BCUT2D eigenvalue weighted by Gasteiger charge is 2.14. The summed E-state index contributed by atoms with van der Waals surface area (Å²) in [6, 6.07) is 13.6. The number of aryl methyl sites for hydroxylation is 2. The lowest BCUT2D eigenvalue weighted by molar-refractivity contribution is -0.121. The number of nitrogens with one attached hydrogen (secondary N) is 2. The van der Waals surface area contributed by atoms with E-state index in [-0.39, 0.29) is 11.8 Å². The fourth-order valence-electron chi connectivity index (χ4n) is 2.99. The van der Waals surface area contributed by atoms with Crippen molar-refractivity contribution in [3.05, 3.63) is 59.2 Å². The first-order valence-corrected chi connectivity index (χ1v) is 8.46. The summed E-state index contributed by atoms with van der Waals surface area (Å²) in [5.41, 5.74) is 4.08. The number of benzene rings is 2. The first-order valence-electron chi connectivity index (χ1n) is 8.46. The van der Waals surface area contributed by atoms with Crippen LogP contribution in [-0.4, -0.2) is 18.9 Å². The monoisotopic (exact) mass is 338 g/mol. The Balaban J connectivity index is 1.52. The molecule has 0 aromatic heterocycles. The molecule has 0 spiro atoms. The average molecular weight is 338 g/mol. The maximum atomic E-state index is 12.1. The second-order valence-electron chi connectivity index (χ2n) is 6.13. The second kappa shape index (κ2) is 7.83. The molecule has 0 unspecified atom stereocenters. The Morgan fingerprint density at radius 3 is 2.88 bits per heavy atom. The van der Waals surface area contributed by atoms with E-state index in [2.05, 4.69) is 16.7 Å². The SMILES string of the molecule is COc1ccccc1CCC(=O)NCc1ccc2c(c1)CCC(=O)N2. The van der Waals surface area contributed by atoms with Gasteiger partial charge in [-0.1, -0.05) is 30.3 Å². The molecule has 0 aliphatic carbocycles. The van der Waals surface area contributed by atoms with Crippen LogP contribution in [0.1, 0.15) is 29.5 Å². The van der Waals surface area contributed by atoms with Crippen LogP contribution in [0.4, 0.5) is 5.69 Å². The number of anilines is 1. The van der Waals surface area contributed by atoms with Crippen LogP contribution in [0.2, 0.25) is 0 Å². The first-order chi connectivity index (χ1) is 12.2. The van der Waals surface area contributed by atoms with Crippen LogP contribution >= 0.6 is 0 Å². The molecule has 5 nitrogen and oxygen atoms in total. The molecule has 0 saturated heterocycles. The lowest BCUT2D eigenvalue weighted by Crippen LogP contribution is -2.24. The predicted molar refractivity (Wildman–Crippen MR) is 96.6 cm³/mol. The maximum Gasteiger partial charge on any atom is 0.224 e. The van der Waals surface area contributed by atoms with E-state index < -0.39 is 0 Å². The van der Waals surface area contributed by atoms with Crippen LogP contribution in [-0.2, 0) is 29.0 Å². The van der Waals surface area contributed by atoms with Gasteiger partial charge >= 0.3 is 0 Å². The van der Waals surface area contributed by atoms with Crippen LogP contribution in [0.3, 0.4) is 0 Å². The molecule has 0 atom stereocenters. The quantitative estimate of drug-likeness (QED) is 0.851. The van der Waals surface area contributed by atoms with Gasteiger partial charge < -0.3 is 15.4 Å². The molecule has 0 saturated carbocycles. The molecule has 0 radical (unpaired) electrons. The Morgan fingerprint density at radius 1 is 1.20 bits per heavy atom. The smallest absolute Gasteiger partial charge is 0.224 e. The number of amides is 2. The summed E-state index contributed by atoms with van der Waals surface area (Å²) in [4.78, 5) is 23.5. The van der Waals surface area contributed by atoms with Gasteiger partial charge in [0.15, 0.2) is 0 Å². The summed E-state index contributed by atoms with van der Waals surface area (Å²) in [5.74, 6) is 0.883. The van der Waals surface area contributed by atoms with Gasteiger partial charge in [-0.25, -0.2) is 0 Å². The highest BCUT2D eigenvalue weighted by atomic mass is 16.5. The molecule has 130 valence electrons. The van der Waals surface area contributed by atoms with Gasteiger partial charge in [0.05, 0.1) is 7.11 Å². The topological polar surface area (TPSA) is 67.4 Å². The first kappa shape index (κ1) is 17.0. The van der Waals surface area contributed by atoms with Crippen molar-refractivity contribution in [2.75, 3.05) is 12.4 Å². The van der Waals surface area contributed by atoms with E-state index in [1.165, 1.54) is 0 Å². The third-order valence-electron chi connectivity index (χ3n) is 4.37. The number of ether oxygens (including phenoxy) is 1. The Hall–Kier alpha value is -2.82. The minimum Gasteiger partial charge on any atom is -0.496 e. The van der Waals surface area contributed by atoms with Gasteiger partial charge in [-0.05, 0) is 41.7 Å². The zero-order chi connectivity index (χ0) is 17.6. The molecule has 0 bridgehead atoms. The Kier molecular flexibility index (Phi) is 5.33. The zero-order valence-corrected chi connectivity index (χ0v) is 14.3. The summed E-state index contributed by atoms with van der Waals surface area (Å²) in [6.07, 6.45) is 2.33. The molecular weight excluding hydrogens is 316 g/mol. The number of hydrogen-bond acceptors (Lipinski definition) is 3. The molecule has 1 aliphatic rings. The molecule has 1 heterocycles. The summed E-state index contributed by atoms with van der Waals surface area (Å²) >= 11 is 0. The molecule has 25 heavy (non-hydrogen) atoms. The van der Waals surface area contributed by atoms with Crippen LogP contribution in [0.5, 0.6) is 5.75 Å².